The Morgan fingerprint density at radius 1 is 0.903 bits per heavy atom. The fourth-order valence-electron chi connectivity index (χ4n) is 4.19. The van der Waals surface area contributed by atoms with Crippen LogP contribution in [0.15, 0.2) is 64.5 Å². The number of rotatable bonds is 5. The standard InChI is InChI=1S/C23H31N5O2S/c1-24-23(27-17-15-26(16-18-27)21-7-3-2-4-8-21)25-19-20-9-11-22(12-10-20)31(29,30)28-13-5-6-14-28/h2-4,7-12H,5-6,13-19H2,1H3,(H,24,25). The van der Waals surface area contributed by atoms with Crippen LogP contribution in [0, 0.1) is 0 Å². The van der Waals surface area contributed by atoms with Crippen LogP contribution in [0.5, 0.6) is 0 Å². The SMILES string of the molecule is CN=C(NCc1ccc(S(=O)(=O)N2CCCC2)cc1)N1CCN(c2ccccc2)CC1. The third kappa shape index (κ3) is 5.02. The Bertz CT molecular complexity index is 978. The van der Waals surface area contributed by atoms with Crippen molar-refractivity contribution in [2.45, 2.75) is 24.3 Å². The number of hydrogen-bond acceptors (Lipinski definition) is 4. The first kappa shape index (κ1) is 21.6. The molecule has 1 N–H and O–H groups in total. The van der Waals surface area contributed by atoms with Crippen LogP contribution in [0.4, 0.5) is 5.69 Å². The normalized spacial score (nSPS) is 18.4. The Hall–Kier alpha value is -2.58. The summed E-state index contributed by atoms with van der Waals surface area (Å²) in [7, 11) is -1.56. The zero-order valence-electron chi connectivity index (χ0n) is 18.1. The molecular formula is C23H31N5O2S. The molecule has 4 rings (SSSR count). The number of guanidine groups is 1. The monoisotopic (exact) mass is 441 g/mol. The van der Waals surface area contributed by atoms with E-state index < -0.39 is 10.0 Å². The van der Waals surface area contributed by atoms with Gasteiger partial charge in [-0.3, -0.25) is 4.99 Å². The molecule has 0 amide bonds. The van der Waals surface area contributed by atoms with Gasteiger partial charge in [0.05, 0.1) is 4.90 Å². The molecular weight excluding hydrogens is 410 g/mol. The fraction of sp³-hybridized carbons (Fsp3) is 0.435. The molecule has 8 heteroatoms. The van der Waals surface area contributed by atoms with E-state index in [1.54, 1.807) is 23.5 Å². The lowest BCUT2D eigenvalue weighted by molar-refractivity contribution is 0.372. The minimum atomic E-state index is -3.36. The lowest BCUT2D eigenvalue weighted by atomic mass is 10.2. The van der Waals surface area contributed by atoms with Gasteiger partial charge in [-0.1, -0.05) is 30.3 Å². The van der Waals surface area contributed by atoms with Gasteiger partial charge in [0.2, 0.25) is 10.0 Å². The average molecular weight is 442 g/mol. The molecule has 166 valence electrons. The Morgan fingerprint density at radius 2 is 1.55 bits per heavy atom. The van der Waals surface area contributed by atoms with Crippen molar-refractivity contribution in [2.24, 2.45) is 4.99 Å². The van der Waals surface area contributed by atoms with Gasteiger partial charge in [-0.05, 0) is 42.7 Å². The molecule has 2 saturated heterocycles. The lowest BCUT2D eigenvalue weighted by Gasteiger charge is -2.37. The summed E-state index contributed by atoms with van der Waals surface area (Å²) in [5.74, 6) is 0.876. The van der Waals surface area contributed by atoms with E-state index >= 15 is 0 Å². The highest BCUT2D eigenvalue weighted by atomic mass is 32.2. The van der Waals surface area contributed by atoms with Gasteiger partial charge in [-0.2, -0.15) is 4.31 Å². The lowest BCUT2D eigenvalue weighted by Crippen LogP contribution is -2.52. The van der Waals surface area contributed by atoms with E-state index in [4.69, 9.17) is 0 Å². The van der Waals surface area contributed by atoms with Gasteiger partial charge < -0.3 is 15.1 Å². The number of anilines is 1. The molecule has 2 heterocycles. The molecule has 31 heavy (non-hydrogen) atoms. The van der Waals surface area contributed by atoms with E-state index in [0.717, 1.165) is 50.5 Å². The number of nitrogens with one attached hydrogen (secondary N) is 1. The van der Waals surface area contributed by atoms with E-state index in [2.05, 4.69) is 44.4 Å². The zero-order valence-corrected chi connectivity index (χ0v) is 18.9. The van der Waals surface area contributed by atoms with Crippen molar-refractivity contribution < 1.29 is 8.42 Å². The van der Waals surface area contributed by atoms with Crippen molar-refractivity contribution >= 4 is 21.7 Å². The predicted octanol–water partition coefficient (Wildman–Crippen LogP) is 2.37. The first-order valence-electron chi connectivity index (χ1n) is 10.9. The molecule has 0 spiro atoms. The zero-order chi connectivity index (χ0) is 21.7. The molecule has 0 atom stereocenters. The van der Waals surface area contributed by atoms with E-state index in [1.165, 1.54) is 5.69 Å². The van der Waals surface area contributed by atoms with Crippen molar-refractivity contribution in [3.8, 4) is 0 Å². The molecule has 7 nitrogen and oxygen atoms in total. The summed E-state index contributed by atoms with van der Waals surface area (Å²) in [6.45, 7) is 5.57. The summed E-state index contributed by atoms with van der Waals surface area (Å²) in [5.41, 5.74) is 2.29. The number of piperazine rings is 1. The number of sulfonamides is 1. The summed E-state index contributed by atoms with van der Waals surface area (Å²) in [6.07, 6.45) is 1.89. The smallest absolute Gasteiger partial charge is 0.243 e. The van der Waals surface area contributed by atoms with E-state index in [0.29, 0.717) is 24.5 Å². The van der Waals surface area contributed by atoms with Crippen LogP contribution in [-0.2, 0) is 16.6 Å². The minimum Gasteiger partial charge on any atom is -0.368 e. The minimum absolute atomic E-state index is 0.375. The van der Waals surface area contributed by atoms with Gasteiger partial charge in [0, 0.05) is 58.5 Å². The summed E-state index contributed by atoms with van der Waals surface area (Å²) >= 11 is 0. The van der Waals surface area contributed by atoms with E-state index in [-0.39, 0.29) is 0 Å². The molecule has 2 fully saturated rings. The highest BCUT2D eigenvalue weighted by Crippen LogP contribution is 2.21. The highest BCUT2D eigenvalue weighted by molar-refractivity contribution is 7.89. The van der Waals surface area contributed by atoms with Gasteiger partial charge in [0.15, 0.2) is 5.96 Å². The average Bonchev–Trinajstić information content (AvgIpc) is 3.37. The summed E-state index contributed by atoms with van der Waals surface area (Å²) < 4.78 is 26.9. The third-order valence-electron chi connectivity index (χ3n) is 5.99. The van der Waals surface area contributed by atoms with E-state index in [1.807, 2.05) is 18.2 Å². The molecule has 0 unspecified atom stereocenters. The maximum Gasteiger partial charge on any atom is 0.243 e. The van der Waals surface area contributed by atoms with Gasteiger partial charge in [0.1, 0.15) is 0 Å². The van der Waals surface area contributed by atoms with Crippen molar-refractivity contribution in [2.75, 3.05) is 51.2 Å². The maximum atomic E-state index is 12.7. The number of hydrogen-bond donors (Lipinski definition) is 1. The molecule has 0 radical (unpaired) electrons. The molecule has 0 aliphatic carbocycles. The quantitative estimate of drug-likeness (QED) is 0.570. The number of benzene rings is 2. The Labute approximate surface area is 185 Å². The number of nitrogens with zero attached hydrogens (tertiary/aromatic N) is 4. The van der Waals surface area contributed by atoms with E-state index in [9.17, 15) is 8.42 Å². The van der Waals surface area contributed by atoms with Crippen molar-refractivity contribution in [3.63, 3.8) is 0 Å². The maximum absolute atomic E-state index is 12.7. The molecule has 2 aromatic rings. The van der Waals surface area contributed by atoms with Crippen molar-refractivity contribution in [3.05, 3.63) is 60.2 Å². The highest BCUT2D eigenvalue weighted by Gasteiger charge is 2.27. The van der Waals surface area contributed by atoms with Crippen LogP contribution in [-0.4, -0.2) is 69.9 Å². The second-order valence-corrected chi connectivity index (χ2v) is 9.90. The number of aliphatic imine (C=N–C) groups is 1. The van der Waals surface area contributed by atoms with Gasteiger partial charge in [-0.15, -0.1) is 0 Å². The molecule has 2 aliphatic heterocycles. The first-order valence-corrected chi connectivity index (χ1v) is 12.4. The Balaban J connectivity index is 1.31. The summed E-state index contributed by atoms with van der Waals surface area (Å²) in [5, 5.41) is 3.42. The molecule has 0 saturated carbocycles. The third-order valence-corrected chi connectivity index (χ3v) is 7.90. The first-order chi connectivity index (χ1) is 15.1. The molecule has 2 aliphatic rings. The van der Waals surface area contributed by atoms with Gasteiger partial charge >= 0.3 is 0 Å². The molecule has 0 bridgehead atoms. The van der Waals surface area contributed by atoms with Crippen LogP contribution in [0.25, 0.3) is 0 Å². The van der Waals surface area contributed by atoms with Crippen LogP contribution in [0.2, 0.25) is 0 Å². The Morgan fingerprint density at radius 3 is 2.16 bits per heavy atom. The summed E-state index contributed by atoms with van der Waals surface area (Å²) in [6, 6.07) is 17.7. The number of para-hydroxylation sites is 1. The fourth-order valence-corrected chi connectivity index (χ4v) is 5.70. The van der Waals surface area contributed by atoms with Crippen molar-refractivity contribution in [1.82, 2.24) is 14.5 Å². The Kier molecular flexibility index (Phi) is 6.77. The van der Waals surface area contributed by atoms with Gasteiger partial charge in [-0.25, -0.2) is 8.42 Å². The topological polar surface area (TPSA) is 68.2 Å². The second-order valence-electron chi connectivity index (χ2n) is 7.97. The van der Waals surface area contributed by atoms with Crippen LogP contribution in [0.3, 0.4) is 0 Å². The molecule has 0 aromatic heterocycles. The van der Waals surface area contributed by atoms with Crippen LogP contribution >= 0.6 is 0 Å². The largest absolute Gasteiger partial charge is 0.368 e. The van der Waals surface area contributed by atoms with Crippen molar-refractivity contribution in [1.29, 1.82) is 0 Å². The molecule has 2 aromatic carbocycles. The van der Waals surface area contributed by atoms with Gasteiger partial charge in [0.25, 0.3) is 0 Å². The summed E-state index contributed by atoms with van der Waals surface area (Å²) in [4.78, 5) is 9.48. The van der Waals surface area contributed by atoms with Crippen LogP contribution in [0.1, 0.15) is 18.4 Å². The predicted molar refractivity (Wildman–Crippen MR) is 125 cm³/mol. The second kappa shape index (κ2) is 9.70. The van der Waals surface area contributed by atoms with Crippen LogP contribution < -0.4 is 10.2 Å².